The third kappa shape index (κ3) is 4.47. The first-order chi connectivity index (χ1) is 11.9. The Bertz CT molecular complexity index is 745. The fourth-order valence-corrected chi connectivity index (χ4v) is 3.33. The molecule has 2 aromatic carbocycles. The fraction of sp³-hybridized carbons (Fsp3) is 0.250. The molecule has 2 atom stereocenters. The number of rotatable bonds is 7. The van der Waals surface area contributed by atoms with Gasteiger partial charge in [0, 0.05) is 23.2 Å². The van der Waals surface area contributed by atoms with Crippen molar-refractivity contribution >= 4 is 17.9 Å². The van der Waals surface area contributed by atoms with Crippen LogP contribution in [0.5, 0.6) is 0 Å². The summed E-state index contributed by atoms with van der Waals surface area (Å²) in [6, 6.07) is 14.3. The van der Waals surface area contributed by atoms with E-state index < -0.39 is 5.41 Å². The van der Waals surface area contributed by atoms with E-state index in [0.717, 1.165) is 11.1 Å². The third-order valence-corrected chi connectivity index (χ3v) is 5.01. The van der Waals surface area contributed by atoms with Gasteiger partial charge < -0.3 is 5.01 Å². The first-order valence-corrected chi connectivity index (χ1v) is 8.42. The lowest BCUT2D eigenvalue weighted by Crippen LogP contribution is -2.45. The summed E-state index contributed by atoms with van der Waals surface area (Å²) < 4.78 is 13.4. The Kier molecular flexibility index (Phi) is 6.34. The molecule has 0 aliphatic heterocycles. The van der Waals surface area contributed by atoms with Gasteiger partial charge in [0.15, 0.2) is 0 Å². The van der Waals surface area contributed by atoms with E-state index in [2.05, 4.69) is 25.4 Å². The molecule has 132 valence electrons. The first-order valence-electron chi connectivity index (χ1n) is 8.04. The van der Waals surface area contributed by atoms with Gasteiger partial charge >= 0.3 is 0 Å². The average molecular weight is 360 g/mol. The zero-order valence-electron chi connectivity index (χ0n) is 14.5. The van der Waals surface area contributed by atoms with Gasteiger partial charge in [0.05, 0.1) is 0 Å². The maximum Gasteiger partial charge on any atom is 0.123 e. The van der Waals surface area contributed by atoms with E-state index in [0.29, 0.717) is 11.6 Å². The molecule has 0 saturated heterocycles. The molecule has 2 aromatic rings. The number of halogens is 2. The lowest BCUT2D eigenvalue weighted by molar-refractivity contribution is 0.287. The van der Waals surface area contributed by atoms with Gasteiger partial charge in [-0.1, -0.05) is 62.4 Å². The number of nitrogens with zero attached hydrogens (tertiary/aromatic N) is 2. The van der Waals surface area contributed by atoms with Gasteiger partial charge in [0.25, 0.3) is 0 Å². The number of hydrogen-bond donors (Lipinski definition) is 1. The van der Waals surface area contributed by atoms with Gasteiger partial charge in [0.1, 0.15) is 12.2 Å². The van der Waals surface area contributed by atoms with Crippen molar-refractivity contribution in [1.29, 1.82) is 0 Å². The highest BCUT2D eigenvalue weighted by Crippen LogP contribution is 2.41. The van der Waals surface area contributed by atoms with Crippen LogP contribution in [0, 0.1) is 5.82 Å². The summed E-state index contributed by atoms with van der Waals surface area (Å²) in [4.78, 5) is 3.97. The minimum absolute atomic E-state index is 0.0369. The smallest absolute Gasteiger partial charge is 0.123 e. The summed E-state index contributed by atoms with van der Waals surface area (Å²) in [6.45, 7) is 8.22. The molecular weight excluding hydrogens is 337 g/mol. The predicted octanol–water partition coefficient (Wildman–Crippen LogP) is 4.89. The molecule has 25 heavy (non-hydrogen) atoms. The molecule has 0 bridgehead atoms. The molecule has 0 radical (unpaired) electrons. The maximum atomic E-state index is 13.4. The summed E-state index contributed by atoms with van der Waals surface area (Å²) in [5.41, 5.74) is 1.58. The largest absolute Gasteiger partial charge is 0.300 e. The van der Waals surface area contributed by atoms with Crippen LogP contribution < -0.4 is 5.84 Å². The second-order valence-corrected chi connectivity index (χ2v) is 6.69. The molecule has 5 heteroatoms. The summed E-state index contributed by atoms with van der Waals surface area (Å²) in [5, 5.41) is 2.21. The lowest BCUT2D eigenvalue weighted by Gasteiger charge is -2.39. The fourth-order valence-electron chi connectivity index (χ4n) is 3.03. The third-order valence-electron chi connectivity index (χ3n) is 4.66. The van der Waals surface area contributed by atoms with Crippen LogP contribution in [0.4, 0.5) is 4.39 Å². The Morgan fingerprint density at radius 2 is 1.92 bits per heavy atom. The van der Waals surface area contributed by atoms with Gasteiger partial charge in [0.2, 0.25) is 0 Å². The Morgan fingerprint density at radius 3 is 2.52 bits per heavy atom. The summed E-state index contributed by atoms with van der Waals surface area (Å²) in [5.74, 6) is 5.86. The topological polar surface area (TPSA) is 41.6 Å². The number of nitrogens with two attached hydrogens (primary N) is 1. The number of hydrazine groups is 1. The molecule has 0 aromatic heterocycles. The van der Waals surface area contributed by atoms with Gasteiger partial charge in [-0.15, -0.1) is 0 Å². The Balaban J connectivity index is 2.47. The normalized spacial score (nSPS) is 14.9. The van der Waals surface area contributed by atoms with Crippen LogP contribution in [0.15, 0.2) is 66.3 Å². The quantitative estimate of drug-likeness (QED) is 0.331. The molecule has 2 N–H and O–H groups in total. The molecule has 0 aliphatic carbocycles. The van der Waals surface area contributed by atoms with Crippen LogP contribution in [-0.4, -0.2) is 17.9 Å². The minimum atomic E-state index is -0.416. The zero-order chi connectivity index (χ0) is 18.4. The van der Waals surface area contributed by atoms with E-state index in [4.69, 9.17) is 17.4 Å². The van der Waals surface area contributed by atoms with Crippen molar-refractivity contribution in [3.05, 3.63) is 83.3 Å². The molecule has 0 amide bonds. The van der Waals surface area contributed by atoms with Crippen LogP contribution in [-0.2, 0) is 5.41 Å². The highest BCUT2D eigenvalue weighted by atomic mass is 35.5. The summed E-state index contributed by atoms with van der Waals surface area (Å²) >= 11 is 6.41. The number of benzene rings is 2. The van der Waals surface area contributed by atoms with Crippen molar-refractivity contribution in [3.63, 3.8) is 0 Å². The van der Waals surface area contributed by atoms with Crippen LogP contribution >= 0.6 is 11.6 Å². The molecule has 0 fully saturated rings. The molecule has 3 nitrogen and oxygen atoms in total. The van der Waals surface area contributed by atoms with Crippen molar-refractivity contribution < 1.29 is 4.39 Å². The first kappa shape index (κ1) is 19.2. The second kappa shape index (κ2) is 8.28. The zero-order valence-corrected chi connectivity index (χ0v) is 15.2. The maximum absolute atomic E-state index is 13.4. The predicted molar refractivity (Wildman–Crippen MR) is 103 cm³/mol. The van der Waals surface area contributed by atoms with Gasteiger partial charge in [-0.05, 0) is 35.2 Å². The van der Waals surface area contributed by atoms with Crippen LogP contribution in [0.25, 0.3) is 0 Å². The van der Waals surface area contributed by atoms with Crippen LogP contribution in [0.2, 0.25) is 5.02 Å². The minimum Gasteiger partial charge on any atom is -0.300 e. The Hall–Kier alpha value is -2.17. The van der Waals surface area contributed by atoms with E-state index in [9.17, 15) is 4.39 Å². The molecule has 0 heterocycles. The van der Waals surface area contributed by atoms with E-state index in [1.54, 1.807) is 12.1 Å². The van der Waals surface area contributed by atoms with Crippen molar-refractivity contribution in [2.75, 3.05) is 6.54 Å². The average Bonchev–Trinajstić information content (AvgIpc) is 2.60. The van der Waals surface area contributed by atoms with Crippen LogP contribution in [0.1, 0.15) is 30.9 Å². The molecular formula is C20H23ClFN3. The molecule has 0 spiro atoms. The van der Waals surface area contributed by atoms with E-state index in [1.165, 1.54) is 29.7 Å². The van der Waals surface area contributed by atoms with Gasteiger partial charge in [-0.25, -0.2) is 15.2 Å². The van der Waals surface area contributed by atoms with E-state index in [1.807, 2.05) is 24.3 Å². The Labute approximate surface area is 153 Å². The van der Waals surface area contributed by atoms with Crippen molar-refractivity contribution in [2.45, 2.75) is 25.2 Å². The molecule has 2 rings (SSSR count). The number of aliphatic imine (C=N–C) groups is 1. The van der Waals surface area contributed by atoms with Crippen molar-refractivity contribution in [1.82, 2.24) is 5.01 Å². The summed E-state index contributed by atoms with van der Waals surface area (Å²) in [7, 11) is 0. The molecule has 0 saturated carbocycles. The highest BCUT2D eigenvalue weighted by Gasteiger charge is 2.36. The van der Waals surface area contributed by atoms with Gasteiger partial charge in [-0.2, -0.15) is 0 Å². The number of hydrogen-bond acceptors (Lipinski definition) is 2. The second-order valence-electron chi connectivity index (χ2n) is 6.29. The Morgan fingerprint density at radius 1 is 1.28 bits per heavy atom. The monoisotopic (exact) mass is 359 g/mol. The highest BCUT2D eigenvalue weighted by molar-refractivity contribution is 6.31. The standard InChI is InChI=1S/C20H23ClFN3/c1-4-24-14-25(23)13-20(3,16-9-11-17(22)12-10-16)15(2)18-7-5-6-8-19(18)21/h4-12,14-15H,1,13,23H2,2-3H3. The molecule has 0 aliphatic rings. The van der Waals surface area contributed by atoms with Crippen LogP contribution in [0.3, 0.4) is 0 Å². The van der Waals surface area contributed by atoms with Crippen molar-refractivity contribution in [2.24, 2.45) is 10.8 Å². The summed E-state index contributed by atoms with van der Waals surface area (Å²) in [6.07, 6.45) is 2.95. The lowest BCUT2D eigenvalue weighted by atomic mass is 9.69. The van der Waals surface area contributed by atoms with E-state index in [-0.39, 0.29) is 11.7 Å². The van der Waals surface area contributed by atoms with E-state index >= 15 is 0 Å². The SMILES string of the molecule is C=CN=CN(N)CC(C)(c1ccc(F)cc1)C(C)c1ccccc1Cl. The van der Waals surface area contributed by atoms with Gasteiger partial charge in [-0.3, -0.25) is 0 Å². The molecule has 2 unspecified atom stereocenters. The van der Waals surface area contributed by atoms with Crippen molar-refractivity contribution in [3.8, 4) is 0 Å².